The summed E-state index contributed by atoms with van der Waals surface area (Å²) in [5.41, 5.74) is 7.37. The molecule has 0 aliphatic heterocycles. The molecule has 2 rings (SSSR count). The van der Waals surface area contributed by atoms with Gasteiger partial charge in [-0.2, -0.15) is 0 Å². The van der Waals surface area contributed by atoms with E-state index in [1.807, 2.05) is 0 Å². The van der Waals surface area contributed by atoms with Gasteiger partial charge in [-0.05, 0) is 32.2 Å². The van der Waals surface area contributed by atoms with Crippen molar-refractivity contribution in [2.45, 2.75) is 51.6 Å². The van der Waals surface area contributed by atoms with Crippen molar-refractivity contribution < 1.29 is 0 Å². The number of hydrogen-bond donors (Lipinski definition) is 2. The molecule has 1 fully saturated rings. The second kappa shape index (κ2) is 6.47. The van der Waals surface area contributed by atoms with Crippen molar-refractivity contribution in [3.8, 4) is 0 Å². The summed E-state index contributed by atoms with van der Waals surface area (Å²) in [7, 11) is 0. The lowest BCUT2D eigenvalue weighted by Gasteiger charge is -2.21. The standard InChI is InChI=1S/C13H23N3S/c1-10-16-12(9-17-10)8-15-7-11-5-3-2-4-6-13(11)14/h9,11,13,15H,2-8,14H2,1H3. The van der Waals surface area contributed by atoms with Crippen molar-refractivity contribution in [2.24, 2.45) is 11.7 Å². The molecule has 3 N–H and O–H groups in total. The Bertz CT molecular complexity index is 337. The monoisotopic (exact) mass is 253 g/mol. The number of nitrogens with two attached hydrogens (primary N) is 1. The molecule has 0 saturated heterocycles. The van der Waals surface area contributed by atoms with E-state index in [0.717, 1.165) is 23.8 Å². The van der Waals surface area contributed by atoms with Gasteiger partial charge in [-0.25, -0.2) is 4.98 Å². The summed E-state index contributed by atoms with van der Waals surface area (Å²) < 4.78 is 0. The molecule has 1 aliphatic rings. The van der Waals surface area contributed by atoms with E-state index in [0.29, 0.717) is 12.0 Å². The number of thiazole rings is 1. The molecule has 3 nitrogen and oxygen atoms in total. The maximum absolute atomic E-state index is 6.21. The minimum absolute atomic E-state index is 0.391. The Kier molecular flexibility index (Phi) is 4.95. The van der Waals surface area contributed by atoms with Crippen LogP contribution < -0.4 is 11.1 Å². The number of aryl methyl sites for hydroxylation is 1. The molecule has 1 aliphatic carbocycles. The van der Waals surface area contributed by atoms with Gasteiger partial charge in [0.05, 0.1) is 10.7 Å². The van der Waals surface area contributed by atoms with Crippen molar-refractivity contribution >= 4 is 11.3 Å². The number of aromatic nitrogens is 1. The van der Waals surface area contributed by atoms with Gasteiger partial charge in [-0.3, -0.25) is 0 Å². The minimum atomic E-state index is 0.391. The van der Waals surface area contributed by atoms with Crippen LogP contribution in [0, 0.1) is 12.8 Å². The lowest BCUT2D eigenvalue weighted by atomic mass is 9.95. The summed E-state index contributed by atoms with van der Waals surface area (Å²) >= 11 is 1.72. The van der Waals surface area contributed by atoms with Crippen LogP contribution in [0.2, 0.25) is 0 Å². The van der Waals surface area contributed by atoms with E-state index in [1.54, 1.807) is 11.3 Å². The SMILES string of the molecule is Cc1nc(CNCC2CCCCCC2N)cs1. The molecule has 17 heavy (non-hydrogen) atoms. The Morgan fingerprint density at radius 3 is 3.00 bits per heavy atom. The Labute approximate surface area is 108 Å². The Morgan fingerprint density at radius 1 is 1.41 bits per heavy atom. The fraction of sp³-hybridized carbons (Fsp3) is 0.769. The van der Waals surface area contributed by atoms with Gasteiger partial charge in [0.1, 0.15) is 0 Å². The number of nitrogens with one attached hydrogen (secondary N) is 1. The van der Waals surface area contributed by atoms with E-state index >= 15 is 0 Å². The largest absolute Gasteiger partial charge is 0.327 e. The molecule has 2 unspecified atom stereocenters. The maximum Gasteiger partial charge on any atom is 0.0897 e. The first-order chi connectivity index (χ1) is 8.25. The highest BCUT2D eigenvalue weighted by Gasteiger charge is 2.19. The summed E-state index contributed by atoms with van der Waals surface area (Å²) in [6.07, 6.45) is 6.49. The van der Waals surface area contributed by atoms with Gasteiger partial charge < -0.3 is 11.1 Å². The highest BCUT2D eigenvalue weighted by Crippen LogP contribution is 2.21. The van der Waals surface area contributed by atoms with E-state index in [1.165, 1.54) is 32.1 Å². The molecule has 1 aromatic rings. The van der Waals surface area contributed by atoms with Gasteiger partial charge in [0.25, 0.3) is 0 Å². The number of hydrogen-bond acceptors (Lipinski definition) is 4. The molecule has 0 radical (unpaired) electrons. The first kappa shape index (κ1) is 13.0. The van der Waals surface area contributed by atoms with Crippen molar-refractivity contribution in [2.75, 3.05) is 6.54 Å². The van der Waals surface area contributed by atoms with Gasteiger partial charge in [0, 0.05) is 18.0 Å². The number of rotatable bonds is 4. The lowest BCUT2D eigenvalue weighted by molar-refractivity contribution is 0.373. The lowest BCUT2D eigenvalue weighted by Crippen LogP contribution is -2.36. The van der Waals surface area contributed by atoms with Gasteiger partial charge >= 0.3 is 0 Å². The van der Waals surface area contributed by atoms with Crippen LogP contribution in [0.4, 0.5) is 0 Å². The molecule has 2 atom stereocenters. The summed E-state index contributed by atoms with van der Waals surface area (Å²) in [4.78, 5) is 4.46. The Hall–Kier alpha value is -0.450. The fourth-order valence-corrected chi connectivity index (χ4v) is 3.15. The highest BCUT2D eigenvalue weighted by atomic mass is 32.1. The highest BCUT2D eigenvalue weighted by molar-refractivity contribution is 7.09. The van der Waals surface area contributed by atoms with E-state index < -0.39 is 0 Å². The van der Waals surface area contributed by atoms with E-state index in [9.17, 15) is 0 Å². The van der Waals surface area contributed by atoms with Crippen LogP contribution in [-0.2, 0) is 6.54 Å². The molecule has 0 amide bonds. The molecule has 4 heteroatoms. The van der Waals surface area contributed by atoms with Crippen LogP contribution in [-0.4, -0.2) is 17.6 Å². The van der Waals surface area contributed by atoms with Gasteiger partial charge in [-0.1, -0.05) is 19.3 Å². The molecule has 0 spiro atoms. The molecule has 0 bridgehead atoms. The van der Waals surface area contributed by atoms with Crippen LogP contribution in [0.25, 0.3) is 0 Å². The van der Waals surface area contributed by atoms with Gasteiger partial charge in [0.2, 0.25) is 0 Å². The zero-order valence-corrected chi connectivity index (χ0v) is 11.4. The third-order valence-electron chi connectivity index (χ3n) is 3.60. The van der Waals surface area contributed by atoms with Crippen LogP contribution in [0.5, 0.6) is 0 Å². The summed E-state index contributed by atoms with van der Waals surface area (Å²) in [5, 5.41) is 6.79. The molecule has 96 valence electrons. The van der Waals surface area contributed by atoms with Crippen LogP contribution in [0.1, 0.15) is 42.8 Å². The average Bonchev–Trinajstić information content (AvgIpc) is 2.61. The van der Waals surface area contributed by atoms with Gasteiger partial charge in [-0.15, -0.1) is 11.3 Å². The Morgan fingerprint density at radius 2 is 2.24 bits per heavy atom. The molecule has 0 aromatic carbocycles. The first-order valence-corrected chi connectivity index (χ1v) is 7.51. The van der Waals surface area contributed by atoms with Gasteiger partial charge in [0.15, 0.2) is 0 Å². The third-order valence-corrected chi connectivity index (χ3v) is 4.42. The van der Waals surface area contributed by atoms with Crippen molar-refractivity contribution in [3.63, 3.8) is 0 Å². The first-order valence-electron chi connectivity index (χ1n) is 6.63. The van der Waals surface area contributed by atoms with Crippen molar-refractivity contribution in [3.05, 3.63) is 16.1 Å². The minimum Gasteiger partial charge on any atom is -0.327 e. The maximum atomic E-state index is 6.21. The zero-order valence-electron chi connectivity index (χ0n) is 10.6. The molecule has 1 heterocycles. The predicted molar refractivity (Wildman–Crippen MR) is 73.1 cm³/mol. The van der Waals surface area contributed by atoms with Crippen LogP contribution in [0.3, 0.4) is 0 Å². The van der Waals surface area contributed by atoms with E-state index in [4.69, 9.17) is 5.73 Å². The van der Waals surface area contributed by atoms with Crippen LogP contribution >= 0.6 is 11.3 Å². The molecular formula is C13H23N3S. The molecule has 1 aromatic heterocycles. The third kappa shape index (κ3) is 4.05. The topological polar surface area (TPSA) is 50.9 Å². The second-order valence-electron chi connectivity index (χ2n) is 5.05. The average molecular weight is 253 g/mol. The quantitative estimate of drug-likeness (QED) is 0.810. The van der Waals surface area contributed by atoms with Crippen molar-refractivity contribution in [1.82, 2.24) is 10.3 Å². The molecule has 1 saturated carbocycles. The second-order valence-corrected chi connectivity index (χ2v) is 6.11. The van der Waals surface area contributed by atoms with E-state index in [2.05, 4.69) is 22.6 Å². The fourth-order valence-electron chi connectivity index (χ4n) is 2.54. The van der Waals surface area contributed by atoms with Crippen molar-refractivity contribution in [1.29, 1.82) is 0 Å². The Balaban J connectivity index is 1.73. The van der Waals surface area contributed by atoms with Crippen LogP contribution in [0.15, 0.2) is 5.38 Å². The zero-order chi connectivity index (χ0) is 12.1. The summed E-state index contributed by atoms with van der Waals surface area (Å²) in [5.74, 6) is 0.650. The summed E-state index contributed by atoms with van der Waals surface area (Å²) in [6, 6.07) is 0.391. The normalized spacial score (nSPS) is 25.8. The smallest absolute Gasteiger partial charge is 0.0897 e. The van der Waals surface area contributed by atoms with E-state index in [-0.39, 0.29) is 0 Å². The summed E-state index contributed by atoms with van der Waals surface area (Å²) in [6.45, 7) is 3.97. The molecular weight excluding hydrogens is 230 g/mol. The predicted octanol–water partition coefficient (Wildman–Crippen LogP) is 2.45. The number of nitrogens with zero attached hydrogens (tertiary/aromatic N) is 1.